The Morgan fingerprint density at radius 3 is 2.80 bits per heavy atom. The molecule has 0 saturated heterocycles. The molecule has 1 aliphatic rings. The van der Waals surface area contributed by atoms with Crippen LogP contribution in [0.2, 0.25) is 0 Å². The van der Waals surface area contributed by atoms with Crippen molar-refractivity contribution in [2.75, 3.05) is 0 Å². The van der Waals surface area contributed by atoms with Crippen molar-refractivity contribution in [3.63, 3.8) is 0 Å². The number of nitro groups is 1. The van der Waals surface area contributed by atoms with Crippen molar-refractivity contribution < 1.29 is 4.92 Å². The van der Waals surface area contributed by atoms with Gasteiger partial charge in [0.1, 0.15) is 0 Å². The number of hydrogen-bond acceptors (Lipinski definition) is 3. The van der Waals surface area contributed by atoms with E-state index in [1.54, 1.807) is 23.5 Å². The van der Waals surface area contributed by atoms with Gasteiger partial charge in [0, 0.05) is 21.7 Å². The molecule has 2 aromatic rings. The molecule has 1 heterocycles. The summed E-state index contributed by atoms with van der Waals surface area (Å²) in [6.45, 7) is 0. The summed E-state index contributed by atoms with van der Waals surface area (Å²) in [5.41, 5.74) is 0.183. The Bertz CT molecular complexity index is 543. The molecule has 76 valence electrons. The van der Waals surface area contributed by atoms with E-state index in [1.807, 2.05) is 6.07 Å². The summed E-state index contributed by atoms with van der Waals surface area (Å²) in [4.78, 5) is 11.6. The van der Waals surface area contributed by atoms with Crippen LogP contribution in [0.1, 0.15) is 23.6 Å². The van der Waals surface area contributed by atoms with Crippen LogP contribution >= 0.6 is 11.3 Å². The Morgan fingerprint density at radius 2 is 2.13 bits per heavy atom. The fraction of sp³-hybridized carbons (Fsp3) is 0.273. The molecule has 1 saturated carbocycles. The van der Waals surface area contributed by atoms with Gasteiger partial charge in [0.15, 0.2) is 0 Å². The second-order valence-corrected chi connectivity index (χ2v) is 5.02. The number of thiophene rings is 1. The molecule has 0 aliphatic heterocycles. The van der Waals surface area contributed by atoms with Crippen LogP contribution in [-0.4, -0.2) is 4.92 Å². The van der Waals surface area contributed by atoms with Crippen molar-refractivity contribution in [3.05, 3.63) is 39.3 Å². The molecule has 0 bridgehead atoms. The molecule has 3 nitrogen and oxygen atoms in total. The normalized spacial score (nSPS) is 15.7. The summed E-state index contributed by atoms with van der Waals surface area (Å²) in [6, 6.07) is 7.20. The Kier molecular flexibility index (Phi) is 1.79. The Labute approximate surface area is 90.5 Å². The van der Waals surface area contributed by atoms with Gasteiger partial charge in [0.05, 0.1) is 4.92 Å². The van der Waals surface area contributed by atoms with Gasteiger partial charge in [-0.2, -0.15) is 0 Å². The van der Waals surface area contributed by atoms with Crippen LogP contribution in [-0.2, 0) is 0 Å². The zero-order valence-corrected chi connectivity index (χ0v) is 8.79. The average Bonchev–Trinajstić information content (AvgIpc) is 2.97. The van der Waals surface area contributed by atoms with Crippen molar-refractivity contribution in [1.82, 2.24) is 0 Å². The highest BCUT2D eigenvalue weighted by atomic mass is 32.1. The van der Waals surface area contributed by atoms with E-state index in [0.29, 0.717) is 0 Å². The average molecular weight is 219 g/mol. The fourth-order valence-corrected chi connectivity index (χ4v) is 2.95. The summed E-state index contributed by atoms with van der Waals surface area (Å²) in [5.74, 6) is 0.724. The minimum atomic E-state index is -0.339. The van der Waals surface area contributed by atoms with Crippen molar-refractivity contribution in [2.45, 2.75) is 18.8 Å². The first kappa shape index (κ1) is 8.85. The van der Waals surface area contributed by atoms with E-state index in [0.717, 1.165) is 16.0 Å². The molecule has 3 rings (SSSR count). The summed E-state index contributed by atoms with van der Waals surface area (Å²) >= 11 is 1.77. The molecule has 0 N–H and O–H groups in total. The van der Waals surface area contributed by atoms with Gasteiger partial charge in [-0.3, -0.25) is 10.1 Å². The quantitative estimate of drug-likeness (QED) is 0.571. The van der Waals surface area contributed by atoms with Crippen LogP contribution in [0.3, 0.4) is 0 Å². The lowest BCUT2D eigenvalue weighted by molar-refractivity contribution is -0.384. The van der Waals surface area contributed by atoms with Crippen molar-refractivity contribution in [1.29, 1.82) is 0 Å². The van der Waals surface area contributed by atoms with Gasteiger partial charge in [-0.1, -0.05) is 0 Å². The number of hydrogen-bond donors (Lipinski definition) is 0. The van der Waals surface area contributed by atoms with E-state index in [9.17, 15) is 10.1 Å². The molecule has 1 aliphatic carbocycles. The molecule has 0 unspecified atom stereocenters. The van der Waals surface area contributed by atoms with E-state index in [4.69, 9.17) is 0 Å². The van der Waals surface area contributed by atoms with Crippen LogP contribution in [0.5, 0.6) is 0 Å². The lowest BCUT2D eigenvalue weighted by Gasteiger charge is -1.90. The van der Waals surface area contributed by atoms with Crippen LogP contribution in [0, 0.1) is 10.1 Å². The minimum absolute atomic E-state index is 0.183. The third-order valence-corrected chi connectivity index (χ3v) is 3.99. The zero-order chi connectivity index (χ0) is 10.4. The van der Waals surface area contributed by atoms with Gasteiger partial charge in [-0.05, 0) is 36.3 Å². The van der Waals surface area contributed by atoms with Crippen LogP contribution < -0.4 is 0 Å². The first-order chi connectivity index (χ1) is 7.24. The maximum atomic E-state index is 10.6. The lowest BCUT2D eigenvalue weighted by atomic mass is 10.2. The van der Waals surface area contributed by atoms with Gasteiger partial charge in [0.2, 0.25) is 0 Å². The molecule has 0 radical (unpaired) electrons. The molecule has 4 heteroatoms. The maximum absolute atomic E-state index is 10.6. The van der Waals surface area contributed by atoms with Gasteiger partial charge in [0.25, 0.3) is 5.69 Å². The van der Waals surface area contributed by atoms with E-state index >= 15 is 0 Å². The maximum Gasteiger partial charge on any atom is 0.270 e. The van der Waals surface area contributed by atoms with E-state index in [2.05, 4.69) is 6.07 Å². The topological polar surface area (TPSA) is 43.1 Å². The van der Waals surface area contributed by atoms with Gasteiger partial charge < -0.3 is 0 Å². The number of benzene rings is 1. The third-order valence-electron chi connectivity index (χ3n) is 2.71. The largest absolute Gasteiger partial charge is 0.270 e. The van der Waals surface area contributed by atoms with Crippen LogP contribution in [0.4, 0.5) is 5.69 Å². The number of fused-ring (bicyclic) bond motifs is 1. The smallest absolute Gasteiger partial charge is 0.258 e. The summed E-state index contributed by atoms with van der Waals surface area (Å²) in [7, 11) is 0. The summed E-state index contributed by atoms with van der Waals surface area (Å²) in [6.07, 6.45) is 2.55. The molecule has 15 heavy (non-hydrogen) atoms. The Hall–Kier alpha value is -1.42. The highest BCUT2D eigenvalue weighted by Crippen LogP contribution is 2.45. The SMILES string of the molecule is O=[N+]([O-])c1ccc2sc(C3CC3)cc2c1. The molecule has 1 aromatic carbocycles. The zero-order valence-electron chi connectivity index (χ0n) is 7.97. The highest BCUT2D eigenvalue weighted by molar-refractivity contribution is 7.19. The van der Waals surface area contributed by atoms with E-state index in [-0.39, 0.29) is 10.6 Å². The van der Waals surface area contributed by atoms with Gasteiger partial charge in [-0.25, -0.2) is 0 Å². The predicted octanol–water partition coefficient (Wildman–Crippen LogP) is 3.69. The third kappa shape index (κ3) is 1.51. The van der Waals surface area contributed by atoms with Gasteiger partial charge >= 0.3 is 0 Å². The fourth-order valence-electron chi connectivity index (χ4n) is 1.73. The molecule has 0 spiro atoms. The second-order valence-electron chi connectivity index (χ2n) is 3.90. The molecule has 0 atom stereocenters. The van der Waals surface area contributed by atoms with Crippen LogP contribution in [0.15, 0.2) is 24.3 Å². The second kappa shape index (κ2) is 3.03. The molecular weight excluding hydrogens is 210 g/mol. The van der Waals surface area contributed by atoms with Gasteiger partial charge in [-0.15, -0.1) is 11.3 Å². The molecule has 1 fully saturated rings. The first-order valence-corrected chi connectivity index (χ1v) is 5.73. The lowest BCUT2D eigenvalue weighted by Crippen LogP contribution is -1.85. The summed E-state index contributed by atoms with van der Waals surface area (Å²) < 4.78 is 1.16. The number of nitrogens with zero attached hydrogens (tertiary/aromatic N) is 1. The number of rotatable bonds is 2. The molecule has 0 amide bonds. The van der Waals surface area contributed by atoms with Crippen molar-refractivity contribution in [3.8, 4) is 0 Å². The standard InChI is InChI=1S/C11H9NO2S/c13-12(14)9-3-4-10-8(5-9)6-11(15-10)7-1-2-7/h3-7H,1-2H2. The number of nitro benzene ring substituents is 1. The van der Waals surface area contributed by atoms with Crippen molar-refractivity contribution >= 4 is 27.1 Å². The summed E-state index contributed by atoms with van der Waals surface area (Å²) in [5, 5.41) is 11.6. The highest BCUT2D eigenvalue weighted by Gasteiger charge is 2.25. The van der Waals surface area contributed by atoms with E-state index in [1.165, 1.54) is 17.7 Å². The molecular formula is C11H9NO2S. The molecule has 1 aromatic heterocycles. The van der Waals surface area contributed by atoms with E-state index < -0.39 is 0 Å². The predicted molar refractivity (Wildman–Crippen MR) is 60.5 cm³/mol. The van der Waals surface area contributed by atoms with Crippen molar-refractivity contribution in [2.24, 2.45) is 0 Å². The minimum Gasteiger partial charge on any atom is -0.258 e. The van der Waals surface area contributed by atoms with Crippen LogP contribution in [0.25, 0.3) is 10.1 Å². The Morgan fingerprint density at radius 1 is 1.33 bits per heavy atom. The monoisotopic (exact) mass is 219 g/mol. The number of non-ortho nitro benzene ring substituents is 1. The Balaban J connectivity index is 2.13. The first-order valence-electron chi connectivity index (χ1n) is 4.92.